The molecule has 0 aliphatic carbocycles. The van der Waals surface area contributed by atoms with E-state index in [9.17, 15) is 9.59 Å². The number of carbonyl (C=O) groups excluding carboxylic acids is 2. The number of nitrogens with zero attached hydrogens (tertiary/aromatic N) is 4. The molecule has 142 valence electrons. The maximum absolute atomic E-state index is 12.5. The minimum absolute atomic E-state index is 0.397. The molecule has 0 spiro atoms. The molecule has 0 atom stereocenters. The number of carbonyl (C=O) groups is 2. The summed E-state index contributed by atoms with van der Waals surface area (Å²) >= 11 is 0. The van der Waals surface area contributed by atoms with Gasteiger partial charge in [-0.2, -0.15) is 0 Å². The van der Waals surface area contributed by atoms with E-state index in [1.165, 1.54) is 10.5 Å². The molecule has 3 rings (SSSR count). The largest absolute Gasteiger partial charge is 0.337 e. The SMILES string of the molecule is CN(CCc1ccncc1)C(=O)C(=O)N1CCN(Cc2ccccc2)CC1. The second-order valence-corrected chi connectivity index (χ2v) is 6.89. The predicted octanol–water partition coefficient (Wildman–Crippen LogP) is 1.43. The number of hydrogen-bond acceptors (Lipinski definition) is 4. The van der Waals surface area contributed by atoms with E-state index in [2.05, 4.69) is 22.0 Å². The van der Waals surface area contributed by atoms with E-state index in [0.29, 0.717) is 26.1 Å². The van der Waals surface area contributed by atoms with Crippen molar-refractivity contribution < 1.29 is 9.59 Å². The fraction of sp³-hybridized carbons (Fsp3) is 0.381. The van der Waals surface area contributed by atoms with E-state index in [-0.39, 0.29) is 0 Å². The van der Waals surface area contributed by atoms with Crippen molar-refractivity contribution >= 4 is 11.8 Å². The highest BCUT2D eigenvalue weighted by Crippen LogP contribution is 2.09. The van der Waals surface area contributed by atoms with Gasteiger partial charge >= 0.3 is 11.8 Å². The van der Waals surface area contributed by atoms with Crippen LogP contribution in [0.15, 0.2) is 54.9 Å². The smallest absolute Gasteiger partial charge is 0.312 e. The third-order valence-electron chi connectivity index (χ3n) is 4.92. The van der Waals surface area contributed by atoms with Crippen LogP contribution in [0.5, 0.6) is 0 Å². The maximum atomic E-state index is 12.5. The van der Waals surface area contributed by atoms with Crippen molar-refractivity contribution in [2.24, 2.45) is 0 Å². The van der Waals surface area contributed by atoms with E-state index in [4.69, 9.17) is 0 Å². The summed E-state index contributed by atoms with van der Waals surface area (Å²) < 4.78 is 0. The lowest BCUT2D eigenvalue weighted by Crippen LogP contribution is -2.52. The van der Waals surface area contributed by atoms with Gasteiger partial charge in [0.1, 0.15) is 0 Å². The molecule has 1 aromatic carbocycles. The van der Waals surface area contributed by atoms with Crippen molar-refractivity contribution in [3.05, 3.63) is 66.0 Å². The Hall–Kier alpha value is -2.73. The summed E-state index contributed by atoms with van der Waals surface area (Å²) in [5.41, 5.74) is 2.37. The number of hydrogen-bond donors (Lipinski definition) is 0. The molecule has 6 heteroatoms. The Morgan fingerprint density at radius 1 is 0.963 bits per heavy atom. The molecule has 1 aliphatic heterocycles. The minimum atomic E-state index is -0.430. The summed E-state index contributed by atoms with van der Waals surface area (Å²) in [5, 5.41) is 0. The molecule has 0 radical (unpaired) electrons. The summed E-state index contributed by atoms with van der Waals surface area (Å²) in [6, 6.07) is 14.2. The monoisotopic (exact) mass is 366 g/mol. The molecule has 6 nitrogen and oxygen atoms in total. The predicted molar refractivity (Wildman–Crippen MR) is 104 cm³/mol. The van der Waals surface area contributed by atoms with Crippen molar-refractivity contribution in [3.8, 4) is 0 Å². The van der Waals surface area contributed by atoms with Crippen LogP contribution in [0.3, 0.4) is 0 Å². The number of rotatable bonds is 5. The van der Waals surface area contributed by atoms with E-state index in [1.807, 2.05) is 30.3 Å². The van der Waals surface area contributed by atoms with Crippen LogP contribution in [-0.4, -0.2) is 71.3 Å². The Kier molecular flexibility index (Phi) is 6.54. The first-order valence-corrected chi connectivity index (χ1v) is 9.33. The van der Waals surface area contributed by atoms with Crippen LogP contribution in [0.2, 0.25) is 0 Å². The number of piperazine rings is 1. The zero-order valence-corrected chi connectivity index (χ0v) is 15.8. The van der Waals surface area contributed by atoms with E-state index < -0.39 is 11.8 Å². The van der Waals surface area contributed by atoms with Crippen LogP contribution >= 0.6 is 0 Å². The molecule has 2 heterocycles. The number of pyridine rings is 1. The van der Waals surface area contributed by atoms with Crippen LogP contribution in [0, 0.1) is 0 Å². The molecule has 0 N–H and O–H groups in total. The van der Waals surface area contributed by atoms with Crippen LogP contribution in [0.4, 0.5) is 0 Å². The fourth-order valence-corrected chi connectivity index (χ4v) is 3.20. The molecule has 1 aromatic heterocycles. The van der Waals surface area contributed by atoms with Gasteiger partial charge in [0.05, 0.1) is 0 Å². The van der Waals surface area contributed by atoms with Gasteiger partial charge in [0.2, 0.25) is 0 Å². The van der Waals surface area contributed by atoms with Gasteiger partial charge < -0.3 is 9.80 Å². The lowest BCUT2D eigenvalue weighted by molar-refractivity contribution is -0.152. The van der Waals surface area contributed by atoms with Crippen molar-refractivity contribution in [2.45, 2.75) is 13.0 Å². The Labute approximate surface area is 160 Å². The topological polar surface area (TPSA) is 56.8 Å². The Morgan fingerprint density at radius 3 is 2.30 bits per heavy atom. The number of amides is 2. The van der Waals surface area contributed by atoms with Gasteiger partial charge in [-0.3, -0.25) is 19.5 Å². The zero-order valence-electron chi connectivity index (χ0n) is 15.8. The van der Waals surface area contributed by atoms with Crippen molar-refractivity contribution in [1.29, 1.82) is 0 Å². The molecule has 2 amide bonds. The van der Waals surface area contributed by atoms with E-state index in [0.717, 1.165) is 25.2 Å². The van der Waals surface area contributed by atoms with Gasteiger partial charge in [0.25, 0.3) is 0 Å². The molecular formula is C21H26N4O2. The molecule has 1 saturated heterocycles. The van der Waals surface area contributed by atoms with E-state index >= 15 is 0 Å². The number of likely N-dealkylation sites (N-methyl/N-ethyl adjacent to an activating group) is 1. The van der Waals surface area contributed by atoms with Gasteiger partial charge in [-0.25, -0.2) is 0 Å². The Bertz CT molecular complexity index is 743. The molecule has 2 aromatic rings. The van der Waals surface area contributed by atoms with E-state index in [1.54, 1.807) is 24.3 Å². The van der Waals surface area contributed by atoms with Gasteiger partial charge in [0, 0.05) is 58.7 Å². The summed E-state index contributed by atoms with van der Waals surface area (Å²) in [5.74, 6) is -0.827. The molecule has 0 saturated carbocycles. The fourth-order valence-electron chi connectivity index (χ4n) is 3.20. The quantitative estimate of drug-likeness (QED) is 0.751. The third-order valence-corrected chi connectivity index (χ3v) is 4.92. The van der Waals surface area contributed by atoms with Gasteiger partial charge in [-0.1, -0.05) is 30.3 Å². The van der Waals surface area contributed by atoms with Gasteiger partial charge in [0.15, 0.2) is 0 Å². The Balaban J connectivity index is 1.44. The van der Waals surface area contributed by atoms with Crippen molar-refractivity contribution in [2.75, 3.05) is 39.8 Å². The molecule has 27 heavy (non-hydrogen) atoms. The molecule has 1 aliphatic rings. The van der Waals surface area contributed by atoms with Crippen LogP contribution in [-0.2, 0) is 22.6 Å². The summed E-state index contributed by atoms with van der Waals surface area (Å²) in [6.07, 6.45) is 4.18. The third kappa shape index (κ3) is 5.37. The van der Waals surface area contributed by atoms with Crippen LogP contribution in [0.25, 0.3) is 0 Å². The lowest BCUT2D eigenvalue weighted by atomic mass is 10.2. The van der Waals surface area contributed by atoms with Crippen molar-refractivity contribution in [3.63, 3.8) is 0 Å². The summed E-state index contributed by atoms with van der Waals surface area (Å²) in [7, 11) is 1.69. The first-order valence-electron chi connectivity index (χ1n) is 9.33. The number of aromatic nitrogens is 1. The highest BCUT2D eigenvalue weighted by molar-refractivity contribution is 6.34. The standard InChI is InChI=1S/C21H26N4O2/c1-23(12-9-18-7-10-22-11-8-18)20(26)21(27)25-15-13-24(14-16-25)17-19-5-3-2-4-6-19/h2-8,10-11H,9,12-17H2,1H3. The second kappa shape index (κ2) is 9.28. The second-order valence-electron chi connectivity index (χ2n) is 6.89. The molecule has 0 bridgehead atoms. The first kappa shape index (κ1) is 19.0. The average Bonchev–Trinajstić information content (AvgIpc) is 2.73. The number of benzene rings is 1. The lowest BCUT2D eigenvalue weighted by Gasteiger charge is -2.35. The molecular weight excluding hydrogens is 340 g/mol. The molecule has 0 unspecified atom stereocenters. The Morgan fingerprint density at radius 2 is 1.63 bits per heavy atom. The van der Waals surface area contributed by atoms with Crippen LogP contribution in [0.1, 0.15) is 11.1 Å². The zero-order chi connectivity index (χ0) is 19.1. The van der Waals surface area contributed by atoms with Crippen molar-refractivity contribution in [1.82, 2.24) is 19.7 Å². The summed E-state index contributed by atoms with van der Waals surface area (Å²) in [4.78, 5) is 34.5. The average molecular weight is 366 g/mol. The van der Waals surface area contributed by atoms with Gasteiger partial charge in [-0.15, -0.1) is 0 Å². The normalized spacial score (nSPS) is 14.8. The highest BCUT2D eigenvalue weighted by Gasteiger charge is 2.28. The first-order chi connectivity index (χ1) is 13.1. The van der Waals surface area contributed by atoms with Crippen LogP contribution < -0.4 is 0 Å². The minimum Gasteiger partial charge on any atom is -0.337 e. The van der Waals surface area contributed by atoms with Gasteiger partial charge in [-0.05, 0) is 29.7 Å². The summed E-state index contributed by atoms with van der Waals surface area (Å²) in [6.45, 7) is 4.15. The maximum Gasteiger partial charge on any atom is 0.312 e. The molecule has 1 fully saturated rings. The highest BCUT2D eigenvalue weighted by atomic mass is 16.2.